The third-order valence-electron chi connectivity index (χ3n) is 4.02. The fourth-order valence-corrected chi connectivity index (χ4v) is 2.98. The Morgan fingerprint density at radius 3 is 2.73 bits per heavy atom. The second-order valence-electron chi connectivity index (χ2n) is 7.43. The van der Waals surface area contributed by atoms with Crippen molar-refractivity contribution in [3.8, 4) is 5.88 Å². The van der Waals surface area contributed by atoms with Crippen LogP contribution in [0.1, 0.15) is 40.0 Å². The standard InChI is InChI=1S/C18H23N3O5/c1-10(22)14-8-12(9-21(14)17(23)26-18(3,4)5)25-16-15-13(6-7-19-16)20-11(2)24-15/h6-7,12,14H,8-9H2,1-5H3/t12-,14+/m1/s1. The molecule has 3 heterocycles. The van der Waals surface area contributed by atoms with E-state index in [9.17, 15) is 9.59 Å². The van der Waals surface area contributed by atoms with Gasteiger partial charge >= 0.3 is 6.09 Å². The first-order valence-electron chi connectivity index (χ1n) is 8.53. The Morgan fingerprint density at radius 2 is 2.08 bits per heavy atom. The molecular formula is C18H23N3O5. The van der Waals surface area contributed by atoms with Crippen molar-refractivity contribution in [1.29, 1.82) is 0 Å². The van der Waals surface area contributed by atoms with Gasteiger partial charge < -0.3 is 13.9 Å². The molecule has 1 saturated heterocycles. The van der Waals surface area contributed by atoms with Gasteiger partial charge in [-0.1, -0.05) is 0 Å². The van der Waals surface area contributed by atoms with Crippen molar-refractivity contribution in [3.05, 3.63) is 18.2 Å². The summed E-state index contributed by atoms with van der Waals surface area (Å²) >= 11 is 0. The predicted molar refractivity (Wildman–Crippen MR) is 93.0 cm³/mol. The van der Waals surface area contributed by atoms with Gasteiger partial charge in [-0.3, -0.25) is 9.69 Å². The predicted octanol–water partition coefficient (Wildman–Crippen LogP) is 2.88. The van der Waals surface area contributed by atoms with Crippen molar-refractivity contribution in [2.24, 2.45) is 0 Å². The molecule has 0 bridgehead atoms. The highest BCUT2D eigenvalue weighted by Crippen LogP contribution is 2.29. The molecule has 1 fully saturated rings. The molecule has 2 atom stereocenters. The molecule has 8 nitrogen and oxygen atoms in total. The molecule has 0 unspecified atom stereocenters. The van der Waals surface area contributed by atoms with Crippen LogP contribution in [0, 0.1) is 6.92 Å². The van der Waals surface area contributed by atoms with Crippen LogP contribution in [-0.2, 0) is 9.53 Å². The van der Waals surface area contributed by atoms with Crippen LogP contribution < -0.4 is 4.74 Å². The van der Waals surface area contributed by atoms with Gasteiger partial charge in [-0.05, 0) is 33.8 Å². The maximum absolute atomic E-state index is 12.4. The lowest BCUT2D eigenvalue weighted by molar-refractivity contribution is -0.121. The molecular weight excluding hydrogens is 338 g/mol. The van der Waals surface area contributed by atoms with E-state index in [1.165, 1.54) is 11.8 Å². The Hall–Kier alpha value is -2.64. The van der Waals surface area contributed by atoms with E-state index in [2.05, 4.69) is 9.97 Å². The molecule has 2 aromatic rings. The third-order valence-corrected chi connectivity index (χ3v) is 4.02. The summed E-state index contributed by atoms with van der Waals surface area (Å²) < 4.78 is 16.9. The summed E-state index contributed by atoms with van der Waals surface area (Å²) in [5.41, 5.74) is 0.472. The van der Waals surface area contributed by atoms with Crippen molar-refractivity contribution in [2.75, 3.05) is 6.54 Å². The SMILES string of the molecule is CC(=O)[C@@H]1C[C@@H](Oc2nccc3nc(C)oc23)CN1C(=O)OC(C)(C)C. The van der Waals surface area contributed by atoms with Crippen molar-refractivity contribution in [3.63, 3.8) is 0 Å². The number of carbonyl (C=O) groups is 2. The van der Waals surface area contributed by atoms with E-state index in [1.54, 1.807) is 40.0 Å². The van der Waals surface area contributed by atoms with E-state index in [4.69, 9.17) is 13.9 Å². The molecule has 8 heteroatoms. The second-order valence-corrected chi connectivity index (χ2v) is 7.43. The lowest BCUT2D eigenvalue weighted by Gasteiger charge is -2.27. The summed E-state index contributed by atoms with van der Waals surface area (Å²) in [7, 11) is 0. The second kappa shape index (κ2) is 6.59. The molecule has 1 amide bonds. The van der Waals surface area contributed by atoms with Crippen molar-refractivity contribution in [1.82, 2.24) is 14.9 Å². The molecule has 0 aromatic carbocycles. The molecule has 3 rings (SSSR count). The van der Waals surface area contributed by atoms with E-state index >= 15 is 0 Å². The quantitative estimate of drug-likeness (QED) is 0.829. The number of nitrogens with zero attached hydrogens (tertiary/aromatic N) is 3. The molecule has 0 saturated carbocycles. The number of hydrogen-bond acceptors (Lipinski definition) is 7. The minimum absolute atomic E-state index is 0.108. The lowest BCUT2D eigenvalue weighted by atomic mass is 10.1. The highest BCUT2D eigenvalue weighted by molar-refractivity contribution is 5.86. The number of pyridine rings is 1. The molecule has 0 spiro atoms. The Kier molecular flexibility index (Phi) is 4.60. The highest BCUT2D eigenvalue weighted by Gasteiger charge is 2.41. The normalized spacial score (nSPS) is 20.4. The number of hydrogen-bond donors (Lipinski definition) is 0. The number of likely N-dealkylation sites (tertiary alicyclic amines) is 1. The van der Waals surface area contributed by atoms with Crippen LogP contribution in [0.3, 0.4) is 0 Å². The molecule has 0 N–H and O–H groups in total. The number of carbonyl (C=O) groups excluding carboxylic acids is 2. The number of amides is 1. The van der Waals surface area contributed by atoms with Gasteiger partial charge in [-0.2, -0.15) is 0 Å². The summed E-state index contributed by atoms with van der Waals surface area (Å²) in [6.07, 6.45) is 1.05. The van der Waals surface area contributed by atoms with Crippen LogP contribution in [0.2, 0.25) is 0 Å². The number of aromatic nitrogens is 2. The van der Waals surface area contributed by atoms with Crippen LogP contribution in [0.25, 0.3) is 11.1 Å². The Bertz CT molecular complexity index is 839. The number of oxazole rings is 1. The summed E-state index contributed by atoms with van der Waals surface area (Å²) in [4.78, 5) is 34.3. The number of aryl methyl sites for hydroxylation is 1. The topological polar surface area (TPSA) is 94.8 Å². The first kappa shape index (κ1) is 18.2. The van der Waals surface area contributed by atoms with Crippen LogP contribution in [-0.4, -0.2) is 51.0 Å². The average Bonchev–Trinajstić information content (AvgIpc) is 3.09. The largest absolute Gasteiger partial charge is 0.470 e. The molecule has 26 heavy (non-hydrogen) atoms. The number of Topliss-reactive ketones (excluding diaryl/α,β-unsaturated/α-hetero) is 1. The Balaban J connectivity index is 1.79. The first-order valence-corrected chi connectivity index (χ1v) is 8.53. The maximum atomic E-state index is 12.4. The zero-order chi connectivity index (χ0) is 19.1. The molecule has 0 aliphatic carbocycles. The van der Waals surface area contributed by atoms with Gasteiger partial charge in [0.25, 0.3) is 5.88 Å². The zero-order valence-electron chi connectivity index (χ0n) is 15.6. The monoisotopic (exact) mass is 361 g/mol. The van der Waals surface area contributed by atoms with Gasteiger partial charge in [0.15, 0.2) is 11.7 Å². The smallest absolute Gasteiger partial charge is 0.411 e. The number of fused-ring (bicyclic) bond motifs is 1. The first-order chi connectivity index (χ1) is 12.1. The van der Waals surface area contributed by atoms with E-state index < -0.39 is 17.7 Å². The number of rotatable bonds is 3. The van der Waals surface area contributed by atoms with E-state index in [-0.39, 0.29) is 18.4 Å². The van der Waals surface area contributed by atoms with Gasteiger partial charge in [-0.25, -0.2) is 14.8 Å². The highest BCUT2D eigenvalue weighted by atomic mass is 16.6. The van der Waals surface area contributed by atoms with E-state index in [0.29, 0.717) is 29.3 Å². The van der Waals surface area contributed by atoms with Gasteiger partial charge in [0.1, 0.15) is 17.2 Å². The lowest BCUT2D eigenvalue weighted by Crippen LogP contribution is -2.43. The molecule has 140 valence electrons. The van der Waals surface area contributed by atoms with Gasteiger partial charge in [-0.15, -0.1) is 0 Å². The van der Waals surface area contributed by atoms with Crippen LogP contribution in [0.5, 0.6) is 5.88 Å². The fraction of sp³-hybridized carbons (Fsp3) is 0.556. The summed E-state index contributed by atoms with van der Waals surface area (Å²) in [5, 5.41) is 0. The minimum atomic E-state index is -0.637. The number of ketones is 1. The minimum Gasteiger partial charge on any atom is -0.470 e. The van der Waals surface area contributed by atoms with Gasteiger partial charge in [0, 0.05) is 19.5 Å². The molecule has 2 aromatic heterocycles. The third kappa shape index (κ3) is 3.79. The fourth-order valence-electron chi connectivity index (χ4n) is 2.98. The van der Waals surface area contributed by atoms with E-state index in [0.717, 1.165) is 0 Å². The Labute approximate surface area is 151 Å². The van der Waals surface area contributed by atoms with Crippen molar-refractivity contribution < 1.29 is 23.5 Å². The summed E-state index contributed by atoms with van der Waals surface area (Å²) in [6.45, 7) is 8.81. The molecule has 0 radical (unpaired) electrons. The number of ether oxygens (including phenoxy) is 2. The zero-order valence-corrected chi connectivity index (χ0v) is 15.6. The molecule has 1 aliphatic heterocycles. The Morgan fingerprint density at radius 1 is 1.35 bits per heavy atom. The van der Waals surface area contributed by atoms with Crippen LogP contribution >= 0.6 is 0 Å². The summed E-state index contributed by atoms with van der Waals surface area (Å²) in [6, 6.07) is 1.16. The van der Waals surface area contributed by atoms with E-state index in [1.807, 2.05) is 0 Å². The molecule has 1 aliphatic rings. The summed E-state index contributed by atoms with van der Waals surface area (Å²) in [5.74, 6) is 0.714. The van der Waals surface area contributed by atoms with Crippen LogP contribution in [0.15, 0.2) is 16.7 Å². The maximum Gasteiger partial charge on any atom is 0.411 e. The van der Waals surface area contributed by atoms with Gasteiger partial charge in [0.05, 0.1) is 12.6 Å². The van der Waals surface area contributed by atoms with Crippen LogP contribution in [0.4, 0.5) is 4.79 Å². The van der Waals surface area contributed by atoms with Crippen molar-refractivity contribution >= 4 is 23.0 Å². The van der Waals surface area contributed by atoms with Gasteiger partial charge in [0.2, 0.25) is 5.58 Å². The average molecular weight is 361 g/mol. The van der Waals surface area contributed by atoms with Crippen molar-refractivity contribution in [2.45, 2.75) is 58.8 Å².